The summed E-state index contributed by atoms with van der Waals surface area (Å²) >= 11 is 0. The zero-order valence-corrected chi connectivity index (χ0v) is 17.7. The number of H-pyrrole nitrogens is 1. The Kier molecular flexibility index (Phi) is 6.62. The smallest absolute Gasteiger partial charge is 0.179 e. The van der Waals surface area contributed by atoms with Crippen molar-refractivity contribution >= 4 is 22.3 Å². The first-order valence-electron chi connectivity index (χ1n) is 11.0. The molecule has 1 aliphatic rings. The van der Waals surface area contributed by atoms with E-state index in [1.54, 1.807) is 0 Å². The van der Waals surface area contributed by atoms with Gasteiger partial charge in [0.1, 0.15) is 11.6 Å². The molecule has 2 aromatic carbocycles. The number of halogens is 2. The molecule has 1 N–H and O–H groups in total. The van der Waals surface area contributed by atoms with Crippen molar-refractivity contribution in [1.82, 2.24) is 9.88 Å². The largest absolute Gasteiger partial charge is 0.352 e. The van der Waals surface area contributed by atoms with E-state index in [9.17, 15) is 13.6 Å². The maximum Gasteiger partial charge on any atom is 0.179 e. The van der Waals surface area contributed by atoms with Gasteiger partial charge < -0.3 is 9.88 Å². The van der Waals surface area contributed by atoms with Gasteiger partial charge in [0.25, 0.3) is 0 Å². The van der Waals surface area contributed by atoms with Crippen LogP contribution in [0, 0.1) is 11.6 Å². The van der Waals surface area contributed by atoms with Gasteiger partial charge in [0.2, 0.25) is 0 Å². The number of carbonyl (C=O) groups is 1. The molecular weight excluding hydrogens is 394 g/mol. The van der Waals surface area contributed by atoms with Gasteiger partial charge in [0.05, 0.1) is 5.69 Å². The molecule has 31 heavy (non-hydrogen) atoms. The minimum absolute atomic E-state index is 0.0775. The predicted molar refractivity (Wildman–Crippen MR) is 121 cm³/mol. The SMILES string of the molecule is C=C(CCN1CCCCC1)c1ccc2[nH]c(C(=O)CCc3cc(F)cc(F)c3)cc2c1. The number of fused-ring (bicyclic) bond motifs is 1. The van der Waals surface area contributed by atoms with Crippen molar-refractivity contribution in [2.75, 3.05) is 19.6 Å². The van der Waals surface area contributed by atoms with Crippen LogP contribution >= 0.6 is 0 Å². The maximum atomic E-state index is 13.3. The minimum Gasteiger partial charge on any atom is -0.352 e. The van der Waals surface area contributed by atoms with Crippen LogP contribution in [0.25, 0.3) is 16.5 Å². The zero-order chi connectivity index (χ0) is 21.8. The number of Topliss-reactive ketones (excluding diaryl/α,β-unsaturated/α-hetero) is 1. The summed E-state index contributed by atoms with van der Waals surface area (Å²) in [4.78, 5) is 18.3. The monoisotopic (exact) mass is 422 g/mol. The zero-order valence-electron chi connectivity index (χ0n) is 17.7. The second-order valence-electron chi connectivity index (χ2n) is 8.44. The van der Waals surface area contributed by atoms with E-state index in [1.165, 1.54) is 44.5 Å². The third-order valence-corrected chi connectivity index (χ3v) is 6.07. The van der Waals surface area contributed by atoms with Crippen LogP contribution in [0.15, 0.2) is 49.0 Å². The van der Waals surface area contributed by atoms with E-state index in [0.29, 0.717) is 17.7 Å². The second kappa shape index (κ2) is 9.56. The third kappa shape index (κ3) is 5.47. The highest BCUT2D eigenvalue weighted by molar-refractivity contribution is 6.00. The third-order valence-electron chi connectivity index (χ3n) is 6.07. The number of aromatic amines is 1. The minimum atomic E-state index is -0.624. The Hall–Kier alpha value is -2.79. The fourth-order valence-corrected chi connectivity index (χ4v) is 4.27. The maximum absolute atomic E-state index is 13.3. The number of nitrogens with one attached hydrogen (secondary N) is 1. The normalized spacial score (nSPS) is 14.8. The molecule has 1 fully saturated rings. The molecule has 0 radical (unpaired) electrons. The van der Waals surface area contributed by atoms with Crippen LogP contribution in [0.2, 0.25) is 0 Å². The highest BCUT2D eigenvalue weighted by Gasteiger charge is 2.13. The molecule has 0 atom stereocenters. The van der Waals surface area contributed by atoms with Gasteiger partial charge in [-0.2, -0.15) is 0 Å². The standard InChI is InChI=1S/C26H28F2N2O/c1-18(9-12-30-10-3-2-4-11-30)20-6-7-24-21(15-20)16-25(29-24)26(31)8-5-19-13-22(27)17-23(28)14-19/h6-7,13-17,29H,1-5,8-12H2. The summed E-state index contributed by atoms with van der Waals surface area (Å²) in [5.41, 5.74) is 4.09. The molecule has 0 amide bonds. The first-order valence-corrected chi connectivity index (χ1v) is 11.0. The Morgan fingerprint density at radius 1 is 0.968 bits per heavy atom. The summed E-state index contributed by atoms with van der Waals surface area (Å²) in [7, 11) is 0. The van der Waals surface area contributed by atoms with Crippen molar-refractivity contribution in [2.24, 2.45) is 0 Å². The van der Waals surface area contributed by atoms with Gasteiger partial charge in [0, 0.05) is 29.9 Å². The lowest BCUT2D eigenvalue weighted by atomic mass is 10.0. The summed E-state index contributed by atoms with van der Waals surface area (Å²) in [6.45, 7) is 7.66. The number of likely N-dealkylation sites (tertiary alicyclic amines) is 1. The van der Waals surface area contributed by atoms with Crippen LogP contribution in [0.3, 0.4) is 0 Å². The van der Waals surface area contributed by atoms with Crippen LogP contribution in [0.4, 0.5) is 8.78 Å². The number of aromatic nitrogens is 1. The van der Waals surface area contributed by atoms with Gasteiger partial charge in [-0.3, -0.25) is 4.79 Å². The first kappa shape index (κ1) is 21.4. The molecule has 0 saturated carbocycles. The van der Waals surface area contributed by atoms with Crippen molar-refractivity contribution in [3.05, 3.63) is 77.5 Å². The number of carbonyl (C=O) groups excluding carboxylic acids is 1. The number of benzene rings is 2. The molecule has 4 rings (SSSR count). The lowest BCUT2D eigenvalue weighted by molar-refractivity contribution is 0.0978. The van der Waals surface area contributed by atoms with Crippen molar-refractivity contribution in [1.29, 1.82) is 0 Å². The van der Waals surface area contributed by atoms with Crippen LogP contribution in [-0.2, 0) is 6.42 Å². The van der Waals surface area contributed by atoms with Crippen LogP contribution in [-0.4, -0.2) is 35.3 Å². The van der Waals surface area contributed by atoms with Gasteiger partial charge in [-0.05, 0) is 85.8 Å². The van der Waals surface area contributed by atoms with Crippen molar-refractivity contribution in [2.45, 2.75) is 38.5 Å². The Labute approximate surface area is 181 Å². The van der Waals surface area contributed by atoms with Gasteiger partial charge in [0.15, 0.2) is 5.78 Å². The molecule has 0 aliphatic carbocycles. The fraction of sp³-hybridized carbons (Fsp3) is 0.346. The Balaban J connectivity index is 1.39. The summed E-state index contributed by atoms with van der Waals surface area (Å²) in [5.74, 6) is -1.33. The molecular formula is C26H28F2N2O. The highest BCUT2D eigenvalue weighted by atomic mass is 19.1. The van der Waals surface area contributed by atoms with Gasteiger partial charge in [-0.25, -0.2) is 8.78 Å². The van der Waals surface area contributed by atoms with Gasteiger partial charge in [-0.1, -0.05) is 19.1 Å². The molecule has 3 aromatic rings. The van der Waals surface area contributed by atoms with Crippen molar-refractivity contribution < 1.29 is 13.6 Å². The molecule has 1 aromatic heterocycles. The van der Waals surface area contributed by atoms with Crippen LogP contribution in [0.1, 0.15) is 53.7 Å². The number of aryl methyl sites for hydroxylation is 1. The highest BCUT2D eigenvalue weighted by Crippen LogP contribution is 2.24. The lowest BCUT2D eigenvalue weighted by Crippen LogP contribution is -2.30. The lowest BCUT2D eigenvalue weighted by Gasteiger charge is -2.26. The van der Waals surface area contributed by atoms with E-state index >= 15 is 0 Å². The molecule has 0 unspecified atom stereocenters. The van der Waals surface area contributed by atoms with Crippen LogP contribution in [0.5, 0.6) is 0 Å². The topological polar surface area (TPSA) is 36.1 Å². The number of nitrogens with zero attached hydrogens (tertiary/aromatic N) is 1. The van der Waals surface area contributed by atoms with Gasteiger partial charge >= 0.3 is 0 Å². The number of hydrogen-bond acceptors (Lipinski definition) is 2. The molecule has 2 heterocycles. The predicted octanol–water partition coefficient (Wildman–Crippen LogP) is 6.15. The molecule has 5 heteroatoms. The molecule has 0 spiro atoms. The average Bonchev–Trinajstić information content (AvgIpc) is 3.19. The Bertz CT molecular complexity index is 1080. The molecule has 0 bridgehead atoms. The fourth-order valence-electron chi connectivity index (χ4n) is 4.27. The quantitative estimate of drug-likeness (QED) is 0.442. The first-order chi connectivity index (χ1) is 15.0. The summed E-state index contributed by atoms with van der Waals surface area (Å²) in [6, 6.07) is 11.3. The van der Waals surface area contributed by atoms with Gasteiger partial charge in [-0.15, -0.1) is 0 Å². The number of hydrogen-bond donors (Lipinski definition) is 1. The second-order valence-corrected chi connectivity index (χ2v) is 8.44. The van der Waals surface area contributed by atoms with E-state index in [1.807, 2.05) is 18.2 Å². The number of rotatable bonds is 8. The number of piperidine rings is 1. The molecule has 162 valence electrons. The summed E-state index contributed by atoms with van der Waals surface area (Å²) in [6.07, 6.45) is 5.32. The molecule has 1 saturated heterocycles. The average molecular weight is 423 g/mol. The summed E-state index contributed by atoms with van der Waals surface area (Å²) < 4.78 is 26.7. The summed E-state index contributed by atoms with van der Waals surface area (Å²) in [5, 5.41) is 0.969. The van der Waals surface area contributed by atoms with Crippen LogP contribution < -0.4 is 0 Å². The number of ketones is 1. The van der Waals surface area contributed by atoms with Crippen molar-refractivity contribution in [3.63, 3.8) is 0 Å². The molecule has 3 nitrogen and oxygen atoms in total. The van der Waals surface area contributed by atoms with E-state index in [2.05, 4.69) is 22.5 Å². The Morgan fingerprint density at radius 3 is 2.45 bits per heavy atom. The molecule has 1 aliphatic heterocycles. The Morgan fingerprint density at radius 2 is 1.71 bits per heavy atom. The van der Waals surface area contributed by atoms with E-state index in [4.69, 9.17) is 0 Å². The van der Waals surface area contributed by atoms with E-state index in [0.717, 1.165) is 41.1 Å². The van der Waals surface area contributed by atoms with Crippen molar-refractivity contribution in [3.8, 4) is 0 Å². The van der Waals surface area contributed by atoms with E-state index < -0.39 is 11.6 Å². The van der Waals surface area contributed by atoms with E-state index in [-0.39, 0.29) is 12.2 Å².